The molecule has 13 heteroatoms. The minimum atomic E-state index is -3.99. The second kappa shape index (κ2) is 11.0. The number of nitrogens with zero attached hydrogens (tertiary/aromatic N) is 2. The van der Waals surface area contributed by atoms with E-state index in [1.807, 2.05) is 11.6 Å². The van der Waals surface area contributed by atoms with Crippen LogP contribution in [0.1, 0.15) is 18.9 Å². The van der Waals surface area contributed by atoms with Gasteiger partial charge in [0.05, 0.1) is 10.6 Å². The number of anilines is 5. The van der Waals surface area contributed by atoms with Gasteiger partial charge in [-0.3, -0.25) is 9.59 Å². The predicted molar refractivity (Wildman–Crippen MR) is 133 cm³/mol. The van der Waals surface area contributed by atoms with E-state index >= 15 is 0 Å². The van der Waals surface area contributed by atoms with E-state index in [4.69, 9.17) is 4.74 Å². The summed E-state index contributed by atoms with van der Waals surface area (Å²) in [7, 11) is -3.99. The van der Waals surface area contributed by atoms with Crippen molar-refractivity contribution in [2.45, 2.75) is 25.2 Å². The zero-order chi connectivity index (χ0) is 24.3. The van der Waals surface area contributed by atoms with Gasteiger partial charge in [0.1, 0.15) is 11.6 Å². The Bertz CT molecular complexity index is 1380. The maximum atomic E-state index is 12.4. The number of fused-ring (bicyclic) bond motifs is 1. The summed E-state index contributed by atoms with van der Waals surface area (Å²) in [5.74, 6) is 0.503. The second-order valence-corrected chi connectivity index (χ2v) is 9.12. The monoisotopic (exact) mass is 506 g/mol. The van der Waals surface area contributed by atoms with E-state index in [0.29, 0.717) is 28.6 Å². The van der Waals surface area contributed by atoms with Gasteiger partial charge in [-0.25, -0.2) is 18.1 Å². The van der Waals surface area contributed by atoms with Gasteiger partial charge in [0.2, 0.25) is 11.9 Å². The van der Waals surface area contributed by atoms with Crippen LogP contribution in [-0.4, -0.2) is 66.4 Å². The van der Waals surface area contributed by atoms with E-state index in [2.05, 4.69) is 25.9 Å². The van der Waals surface area contributed by atoms with Crippen molar-refractivity contribution in [3.05, 3.63) is 54.2 Å². The Morgan fingerprint density at radius 3 is 2.69 bits per heavy atom. The maximum absolute atomic E-state index is 12.4. The molecule has 0 aliphatic carbocycles. The summed E-state index contributed by atoms with van der Waals surface area (Å²) in [4.78, 5) is 31.8. The molecule has 0 atom stereocenters. The summed E-state index contributed by atoms with van der Waals surface area (Å²) in [6.45, 7) is 3.38. The van der Waals surface area contributed by atoms with Gasteiger partial charge in [0.25, 0.3) is 15.9 Å². The average molecular weight is 507 g/mol. The Morgan fingerprint density at radius 2 is 1.91 bits per heavy atom. The number of sulfonamides is 1. The Labute approximate surface area is 224 Å². The fraction of sp³-hybridized carbons (Fsp3) is 0.182. The third kappa shape index (κ3) is 6.48. The van der Waals surface area contributed by atoms with Crippen molar-refractivity contribution in [3.8, 4) is 5.75 Å². The topological polar surface area (TPSA) is 151 Å². The van der Waals surface area contributed by atoms with Crippen molar-refractivity contribution < 1.29 is 22.7 Å². The van der Waals surface area contributed by atoms with Gasteiger partial charge in [-0.1, -0.05) is 13.0 Å². The van der Waals surface area contributed by atoms with Crippen LogP contribution in [0.25, 0.3) is 0 Å². The Balaban J connectivity index is 0.00000342. The summed E-state index contributed by atoms with van der Waals surface area (Å²) in [6.07, 6.45) is 1.66. The van der Waals surface area contributed by atoms with Gasteiger partial charge in [0.15, 0.2) is 6.61 Å². The van der Waals surface area contributed by atoms with Crippen LogP contribution >= 0.6 is 0 Å². The third-order valence-electron chi connectivity index (χ3n) is 4.82. The standard InChI is InChI=1S/C22H22N6O5S.Na.H/c1-3-19(29)28-34(31,32)16-6-4-5-14(9-16)25-22-23-11-13(2)21(27-22)24-15-7-8-18-17(10-15)26-20(30)12-33-18;;/h4-11H,3,12H2,1-2H3,(H,26,30)(H,28,29)(H2,23,24,25,27);;. The van der Waals surface area contributed by atoms with Crippen molar-refractivity contribution in [2.24, 2.45) is 0 Å². The number of benzene rings is 2. The van der Waals surface area contributed by atoms with Gasteiger partial charge < -0.3 is 20.7 Å². The van der Waals surface area contributed by atoms with Crippen molar-refractivity contribution >= 4 is 80.2 Å². The van der Waals surface area contributed by atoms with Gasteiger partial charge in [-0.05, 0) is 43.3 Å². The summed E-state index contributed by atoms with van der Waals surface area (Å²) >= 11 is 0. The van der Waals surface area contributed by atoms with Crippen molar-refractivity contribution in [3.63, 3.8) is 0 Å². The van der Waals surface area contributed by atoms with Gasteiger partial charge >= 0.3 is 29.6 Å². The Hall–Kier alpha value is -3.19. The molecule has 0 fully saturated rings. The first-order valence-corrected chi connectivity index (χ1v) is 11.8. The third-order valence-corrected chi connectivity index (χ3v) is 6.19. The molecule has 0 saturated heterocycles. The van der Waals surface area contributed by atoms with Crippen molar-refractivity contribution in [1.29, 1.82) is 0 Å². The van der Waals surface area contributed by atoms with Crippen LogP contribution in [0, 0.1) is 6.92 Å². The molecule has 2 amide bonds. The van der Waals surface area contributed by atoms with Crippen LogP contribution < -0.4 is 25.4 Å². The number of hydrogen-bond donors (Lipinski definition) is 4. The number of ether oxygens (including phenoxy) is 1. The van der Waals surface area contributed by atoms with Crippen LogP contribution in [0.4, 0.5) is 28.8 Å². The number of rotatable bonds is 7. The average Bonchev–Trinajstić information content (AvgIpc) is 2.81. The molecule has 35 heavy (non-hydrogen) atoms. The fourth-order valence-corrected chi connectivity index (χ4v) is 4.18. The molecule has 2 heterocycles. The Kier molecular flexibility index (Phi) is 8.33. The van der Waals surface area contributed by atoms with E-state index in [0.717, 1.165) is 5.56 Å². The number of nitrogens with one attached hydrogen (secondary N) is 4. The predicted octanol–water partition coefficient (Wildman–Crippen LogP) is 2.17. The molecular weight excluding hydrogens is 483 g/mol. The molecule has 2 aromatic carbocycles. The molecule has 1 aromatic heterocycles. The van der Waals surface area contributed by atoms with Crippen LogP contribution in [-0.2, 0) is 19.6 Å². The first-order valence-electron chi connectivity index (χ1n) is 10.3. The van der Waals surface area contributed by atoms with Gasteiger partial charge in [-0.15, -0.1) is 0 Å². The van der Waals surface area contributed by atoms with E-state index in [9.17, 15) is 18.0 Å². The van der Waals surface area contributed by atoms with Crippen molar-refractivity contribution in [2.75, 3.05) is 22.6 Å². The summed E-state index contributed by atoms with van der Waals surface area (Å²) in [5.41, 5.74) is 2.42. The van der Waals surface area contributed by atoms with Crippen molar-refractivity contribution in [1.82, 2.24) is 14.7 Å². The molecule has 0 unspecified atom stereocenters. The van der Waals surface area contributed by atoms with Crippen LogP contribution in [0.15, 0.2) is 53.6 Å². The molecule has 3 aromatic rings. The molecule has 1 aliphatic rings. The first kappa shape index (κ1) is 26.4. The minimum absolute atomic E-state index is 0. The number of aryl methyl sites for hydroxylation is 1. The molecule has 4 rings (SSSR count). The van der Waals surface area contributed by atoms with Crippen LogP contribution in [0.5, 0.6) is 5.75 Å². The first-order chi connectivity index (χ1) is 16.2. The zero-order valence-corrected chi connectivity index (χ0v) is 19.2. The van der Waals surface area contributed by atoms with Gasteiger partial charge in [0, 0.05) is 29.6 Å². The number of carbonyl (C=O) groups is 2. The zero-order valence-electron chi connectivity index (χ0n) is 18.4. The fourth-order valence-electron chi connectivity index (χ4n) is 3.08. The van der Waals surface area contributed by atoms with E-state index < -0.39 is 15.9 Å². The molecule has 0 saturated carbocycles. The molecule has 0 radical (unpaired) electrons. The molecular formula is C22H23N6NaO5S. The van der Waals surface area contributed by atoms with Gasteiger partial charge in [-0.2, -0.15) is 4.98 Å². The summed E-state index contributed by atoms with van der Waals surface area (Å²) in [5, 5.41) is 8.92. The van der Waals surface area contributed by atoms with E-state index in [1.165, 1.54) is 12.1 Å². The number of amides is 2. The summed E-state index contributed by atoms with van der Waals surface area (Å²) < 4.78 is 32.2. The van der Waals surface area contributed by atoms with Crippen LogP contribution in [0.3, 0.4) is 0 Å². The quantitative estimate of drug-likeness (QED) is 0.353. The SMILES string of the molecule is CCC(=O)NS(=O)(=O)c1cccc(Nc2ncc(C)c(Nc3ccc4c(c3)NC(=O)CO4)n2)c1.[NaH]. The number of aromatic nitrogens is 2. The summed E-state index contributed by atoms with van der Waals surface area (Å²) in [6, 6.07) is 11.2. The Morgan fingerprint density at radius 1 is 1.14 bits per heavy atom. The van der Waals surface area contributed by atoms with E-state index in [-0.39, 0.29) is 59.3 Å². The molecule has 178 valence electrons. The van der Waals surface area contributed by atoms with E-state index in [1.54, 1.807) is 43.5 Å². The molecule has 4 N–H and O–H groups in total. The molecule has 0 spiro atoms. The normalized spacial score (nSPS) is 12.3. The second-order valence-electron chi connectivity index (χ2n) is 7.43. The molecule has 11 nitrogen and oxygen atoms in total. The molecule has 1 aliphatic heterocycles. The number of hydrogen-bond acceptors (Lipinski definition) is 9. The number of carbonyl (C=O) groups excluding carboxylic acids is 2. The molecule has 0 bridgehead atoms. The van der Waals surface area contributed by atoms with Crippen LogP contribution in [0.2, 0.25) is 0 Å².